The lowest BCUT2D eigenvalue weighted by atomic mass is 10.0. The summed E-state index contributed by atoms with van der Waals surface area (Å²) in [6.45, 7) is 3.44. The molecule has 0 heterocycles. The third kappa shape index (κ3) is 3.44. The lowest BCUT2D eigenvalue weighted by Crippen LogP contribution is -2.31. The van der Waals surface area contributed by atoms with E-state index in [1.54, 1.807) is 18.9 Å². The van der Waals surface area contributed by atoms with Gasteiger partial charge in [-0.1, -0.05) is 12.1 Å². The number of benzene rings is 1. The number of hydrogen-bond donors (Lipinski definition) is 1. The summed E-state index contributed by atoms with van der Waals surface area (Å²) in [6, 6.07) is 4.85. The highest BCUT2D eigenvalue weighted by Crippen LogP contribution is 2.30. The van der Waals surface area contributed by atoms with Gasteiger partial charge in [-0.25, -0.2) is 0 Å². The Kier molecular flexibility index (Phi) is 4.16. The number of aliphatic hydroxyl groups excluding tert-OH is 1. The Hall–Kier alpha value is -1.07. The van der Waals surface area contributed by atoms with Crippen molar-refractivity contribution in [3.05, 3.63) is 35.4 Å². The Bertz CT molecular complexity index is 359. The van der Waals surface area contributed by atoms with Crippen LogP contribution in [0.15, 0.2) is 24.3 Å². The predicted molar refractivity (Wildman–Crippen MR) is 59.3 cm³/mol. The van der Waals surface area contributed by atoms with Crippen LogP contribution in [0.3, 0.4) is 0 Å². The van der Waals surface area contributed by atoms with Gasteiger partial charge < -0.3 is 5.11 Å². The predicted octanol–water partition coefficient (Wildman–Crippen LogP) is 3.04. The molecule has 0 aliphatic carbocycles. The summed E-state index contributed by atoms with van der Waals surface area (Å²) in [5.74, 6) is 0. The van der Waals surface area contributed by atoms with Gasteiger partial charge in [-0.15, -0.1) is 0 Å². The third-order valence-corrected chi connectivity index (χ3v) is 2.92. The molecule has 5 heteroatoms. The van der Waals surface area contributed by atoms with E-state index in [2.05, 4.69) is 0 Å². The van der Waals surface area contributed by atoms with Gasteiger partial charge in [-0.05, 0) is 38.6 Å². The number of aliphatic hydroxyl groups is 1. The van der Waals surface area contributed by atoms with E-state index >= 15 is 0 Å². The van der Waals surface area contributed by atoms with Crippen LogP contribution in [0.5, 0.6) is 0 Å². The molecule has 96 valence electrons. The molecule has 1 rings (SSSR count). The van der Waals surface area contributed by atoms with Crippen LogP contribution >= 0.6 is 0 Å². The zero-order valence-corrected chi connectivity index (χ0v) is 9.99. The average Bonchev–Trinajstić information content (AvgIpc) is 2.26. The summed E-state index contributed by atoms with van der Waals surface area (Å²) in [5.41, 5.74) is 0.0783. The molecular formula is C12H16F3NO. The largest absolute Gasteiger partial charge is 0.416 e. The normalized spacial score (nSPS) is 16.0. The minimum atomic E-state index is -4.31. The van der Waals surface area contributed by atoms with E-state index in [1.807, 2.05) is 6.92 Å². The lowest BCUT2D eigenvalue weighted by molar-refractivity contribution is -0.137. The first kappa shape index (κ1) is 14.0. The van der Waals surface area contributed by atoms with Gasteiger partial charge in [0.1, 0.15) is 6.23 Å². The average molecular weight is 247 g/mol. The highest BCUT2D eigenvalue weighted by molar-refractivity contribution is 5.26. The van der Waals surface area contributed by atoms with Crippen LogP contribution in [0.1, 0.15) is 31.0 Å². The maximum absolute atomic E-state index is 12.4. The Morgan fingerprint density at radius 3 is 1.94 bits per heavy atom. The molecule has 1 aromatic carbocycles. The second-order valence-electron chi connectivity index (χ2n) is 4.09. The van der Waals surface area contributed by atoms with Gasteiger partial charge in [0.05, 0.1) is 5.56 Å². The minimum absolute atomic E-state index is 0.141. The molecule has 2 unspecified atom stereocenters. The van der Waals surface area contributed by atoms with Crippen molar-refractivity contribution in [2.75, 3.05) is 7.05 Å². The zero-order chi connectivity index (χ0) is 13.2. The molecule has 17 heavy (non-hydrogen) atoms. The van der Waals surface area contributed by atoms with Crippen LogP contribution in [0.25, 0.3) is 0 Å². The van der Waals surface area contributed by atoms with Gasteiger partial charge in [0.15, 0.2) is 0 Å². The van der Waals surface area contributed by atoms with Gasteiger partial charge in [-0.3, -0.25) is 4.90 Å². The molecule has 0 radical (unpaired) electrons. The summed E-state index contributed by atoms with van der Waals surface area (Å²) in [6.07, 6.45) is -4.95. The van der Waals surface area contributed by atoms with Crippen LogP contribution in [-0.2, 0) is 6.18 Å². The van der Waals surface area contributed by atoms with E-state index in [0.717, 1.165) is 17.7 Å². The van der Waals surface area contributed by atoms with E-state index in [4.69, 9.17) is 0 Å². The summed E-state index contributed by atoms with van der Waals surface area (Å²) in [5, 5.41) is 9.38. The van der Waals surface area contributed by atoms with Crippen molar-refractivity contribution in [3.63, 3.8) is 0 Å². The van der Waals surface area contributed by atoms with Crippen molar-refractivity contribution in [2.45, 2.75) is 32.3 Å². The number of nitrogens with zero attached hydrogens (tertiary/aromatic N) is 1. The van der Waals surface area contributed by atoms with Crippen molar-refractivity contribution in [1.82, 2.24) is 4.90 Å². The molecule has 1 N–H and O–H groups in total. The number of rotatable bonds is 3. The van der Waals surface area contributed by atoms with Gasteiger partial charge in [-0.2, -0.15) is 13.2 Å². The summed E-state index contributed by atoms with van der Waals surface area (Å²) in [4.78, 5) is 1.67. The smallest absolute Gasteiger partial charge is 0.379 e. The van der Waals surface area contributed by atoms with Crippen molar-refractivity contribution >= 4 is 0 Å². The van der Waals surface area contributed by atoms with E-state index in [-0.39, 0.29) is 6.04 Å². The van der Waals surface area contributed by atoms with Crippen molar-refractivity contribution < 1.29 is 18.3 Å². The Morgan fingerprint density at radius 1 is 1.12 bits per heavy atom. The topological polar surface area (TPSA) is 23.5 Å². The van der Waals surface area contributed by atoms with Crippen molar-refractivity contribution in [2.24, 2.45) is 0 Å². The second-order valence-corrected chi connectivity index (χ2v) is 4.09. The molecule has 0 aliphatic rings. The Balaban J connectivity index is 2.88. The van der Waals surface area contributed by atoms with E-state index in [9.17, 15) is 18.3 Å². The molecule has 0 aromatic heterocycles. The Labute approximate surface area is 98.7 Å². The van der Waals surface area contributed by atoms with Crippen molar-refractivity contribution in [3.8, 4) is 0 Å². The highest BCUT2D eigenvalue weighted by Gasteiger charge is 2.30. The molecule has 0 fully saturated rings. The third-order valence-electron chi connectivity index (χ3n) is 2.92. The summed E-state index contributed by atoms with van der Waals surface area (Å²) >= 11 is 0. The first-order valence-corrected chi connectivity index (χ1v) is 5.30. The van der Waals surface area contributed by atoms with Crippen LogP contribution in [0.4, 0.5) is 13.2 Å². The van der Waals surface area contributed by atoms with Crippen LogP contribution in [-0.4, -0.2) is 23.3 Å². The van der Waals surface area contributed by atoms with E-state index < -0.39 is 18.0 Å². The Morgan fingerprint density at radius 2 is 1.59 bits per heavy atom. The molecule has 0 bridgehead atoms. The zero-order valence-electron chi connectivity index (χ0n) is 9.99. The first-order valence-electron chi connectivity index (χ1n) is 5.30. The lowest BCUT2D eigenvalue weighted by Gasteiger charge is -2.27. The molecule has 0 saturated carbocycles. The molecule has 0 saturated heterocycles. The molecular weight excluding hydrogens is 231 g/mol. The number of halogens is 3. The van der Waals surface area contributed by atoms with Gasteiger partial charge >= 0.3 is 6.18 Å². The van der Waals surface area contributed by atoms with Crippen molar-refractivity contribution in [1.29, 1.82) is 0 Å². The van der Waals surface area contributed by atoms with E-state index in [0.29, 0.717) is 0 Å². The molecule has 2 atom stereocenters. The molecule has 0 amide bonds. The number of hydrogen-bond acceptors (Lipinski definition) is 2. The summed E-state index contributed by atoms with van der Waals surface area (Å²) in [7, 11) is 1.72. The monoisotopic (exact) mass is 247 g/mol. The fraction of sp³-hybridized carbons (Fsp3) is 0.500. The molecule has 2 nitrogen and oxygen atoms in total. The minimum Gasteiger partial charge on any atom is -0.379 e. The summed E-state index contributed by atoms with van der Waals surface area (Å²) < 4.78 is 37.1. The standard InChI is InChI=1S/C12H16F3NO/c1-8(16(3)9(2)17)10-4-6-11(7-5-10)12(13,14)15/h4-9,17H,1-3H3. The SMILES string of the molecule is CC(O)N(C)C(C)c1ccc(C(F)(F)F)cc1. The van der Waals surface area contributed by atoms with Gasteiger partial charge in [0, 0.05) is 6.04 Å². The highest BCUT2D eigenvalue weighted by atomic mass is 19.4. The van der Waals surface area contributed by atoms with Crippen LogP contribution < -0.4 is 0 Å². The van der Waals surface area contributed by atoms with E-state index in [1.165, 1.54) is 12.1 Å². The van der Waals surface area contributed by atoms with Gasteiger partial charge in [0.2, 0.25) is 0 Å². The second kappa shape index (κ2) is 5.06. The van der Waals surface area contributed by atoms with Crippen LogP contribution in [0.2, 0.25) is 0 Å². The maximum atomic E-state index is 12.4. The molecule has 1 aromatic rings. The van der Waals surface area contributed by atoms with Gasteiger partial charge in [0.25, 0.3) is 0 Å². The first-order chi connectivity index (χ1) is 7.73. The number of alkyl halides is 3. The quantitative estimate of drug-likeness (QED) is 0.830. The molecule has 0 spiro atoms. The fourth-order valence-corrected chi connectivity index (χ4v) is 1.51. The molecule has 0 aliphatic heterocycles. The van der Waals surface area contributed by atoms with Crippen LogP contribution in [0, 0.1) is 0 Å². The fourth-order valence-electron chi connectivity index (χ4n) is 1.51. The maximum Gasteiger partial charge on any atom is 0.416 e.